The summed E-state index contributed by atoms with van der Waals surface area (Å²) in [6.45, 7) is 1.10. The predicted molar refractivity (Wildman–Crippen MR) is 77.7 cm³/mol. The van der Waals surface area contributed by atoms with Crippen molar-refractivity contribution in [1.82, 2.24) is 10.6 Å². The molecule has 0 aromatic heterocycles. The minimum Gasteiger partial charge on any atom is -0.390 e. The van der Waals surface area contributed by atoms with Crippen molar-refractivity contribution in [2.24, 2.45) is 0 Å². The first-order valence-electron chi connectivity index (χ1n) is 6.29. The molecule has 2 atom stereocenters. The number of rotatable bonds is 3. The highest BCUT2D eigenvalue weighted by Gasteiger charge is 2.24. The van der Waals surface area contributed by atoms with Crippen LogP contribution in [0.15, 0.2) is 12.1 Å². The van der Waals surface area contributed by atoms with Crippen molar-refractivity contribution in [3.8, 4) is 0 Å². The Hall–Kier alpha value is -0.950. The van der Waals surface area contributed by atoms with Gasteiger partial charge in [0.15, 0.2) is 0 Å². The molecule has 1 aliphatic rings. The molecule has 21 heavy (non-hydrogen) atoms. The van der Waals surface area contributed by atoms with Gasteiger partial charge in [-0.1, -0.05) is 17.7 Å². The Bertz CT molecular complexity index is 517. The van der Waals surface area contributed by atoms with Crippen LogP contribution in [0.2, 0.25) is 5.02 Å². The smallest absolute Gasteiger partial charge is 0.224 e. The fraction of sp³-hybridized carbons (Fsp3) is 0.462. The van der Waals surface area contributed by atoms with Crippen molar-refractivity contribution in [2.75, 3.05) is 13.1 Å². The van der Waals surface area contributed by atoms with Gasteiger partial charge in [0, 0.05) is 6.54 Å². The van der Waals surface area contributed by atoms with Crippen LogP contribution < -0.4 is 10.6 Å². The Morgan fingerprint density at radius 3 is 2.86 bits per heavy atom. The minimum absolute atomic E-state index is 0. The van der Waals surface area contributed by atoms with Crippen molar-refractivity contribution in [1.29, 1.82) is 0 Å². The van der Waals surface area contributed by atoms with Gasteiger partial charge in [-0.05, 0) is 24.6 Å². The average Bonchev–Trinajstić information content (AvgIpc) is 2.42. The second-order valence-corrected chi connectivity index (χ2v) is 5.12. The molecule has 0 bridgehead atoms. The number of β-amino-alcohol motifs (C(OH)–C–C–N with tert-alkyl or cyclic N) is 1. The summed E-state index contributed by atoms with van der Waals surface area (Å²) in [6, 6.07) is 1.85. The van der Waals surface area contributed by atoms with Gasteiger partial charge in [0.1, 0.15) is 16.7 Å². The van der Waals surface area contributed by atoms with Crippen LogP contribution in [0.5, 0.6) is 0 Å². The van der Waals surface area contributed by atoms with Gasteiger partial charge in [0.2, 0.25) is 5.91 Å². The number of piperidine rings is 1. The van der Waals surface area contributed by atoms with E-state index in [1.165, 1.54) is 6.07 Å². The van der Waals surface area contributed by atoms with Gasteiger partial charge in [0.25, 0.3) is 0 Å². The summed E-state index contributed by atoms with van der Waals surface area (Å²) < 4.78 is 26.7. The van der Waals surface area contributed by atoms with Gasteiger partial charge in [-0.3, -0.25) is 4.79 Å². The zero-order valence-electron chi connectivity index (χ0n) is 11.0. The van der Waals surface area contributed by atoms with Crippen LogP contribution in [-0.2, 0) is 11.2 Å². The predicted octanol–water partition coefficient (Wildman–Crippen LogP) is 1.42. The van der Waals surface area contributed by atoms with E-state index >= 15 is 0 Å². The summed E-state index contributed by atoms with van der Waals surface area (Å²) in [5.74, 6) is -2.22. The third-order valence-corrected chi connectivity index (χ3v) is 3.61. The van der Waals surface area contributed by atoms with E-state index in [9.17, 15) is 18.7 Å². The normalized spacial score (nSPS) is 21.5. The van der Waals surface area contributed by atoms with Crippen LogP contribution >= 0.6 is 24.0 Å². The Kier molecular flexibility index (Phi) is 6.80. The number of benzene rings is 1. The van der Waals surface area contributed by atoms with Crippen molar-refractivity contribution in [3.63, 3.8) is 0 Å². The number of nitrogens with one attached hydrogen (secondary N) is 2. The van der Waals surface area contributed by atoms with E-state index in [4.69, 9.17) is 11.6 Å². The molecular formula is C13H16Cl2F2N2O2. The molecule has 1 amide bonds. The summed E-state index contributed by atoms with van der Waals surface area (Å²) in [4.78, 5) is 11.8. The Labute approximate surface area is 132 Å². The molecule has 0 unspecified atom stereocenters. The molecule has 2 rings (SSSR count). The van der Waals surface area contributed by atoms with Crippen LogP contribution in [0.3, 0.4) is 0 Å². The molecule has 1 aliphatic heterocycles. The van der Waals surface area contributed by atoms with Crippen LogP contribution in [0.4, 0.5) is 8.78 Å². The molecule has 4 nitrogen and oxygen atoms in total. The van der Waals surface area contributed by atoms with E-state index in [1.807, 2.05) is 0 Å². The lowest BCUT2D eigenvalue weighted by molar-refractivity contribution is -0.122. The van der Waals surface area contributed by atoms with Crippen LogP contribution in [0, 0.1) is 11.6 Å². The number of carbonyl (C=O) groups is 1. The highest BCUT2D eigenvalue weighted by atomic mass is 35.5. The molecule has 1 aromatic rings. The van der Waals surface area contributed by atoms with Crippen LogP contribution in [0.25, 0.3) is 0 Å². The van der Waals surface area contributed by atoms with E-state index in [1.54, 1.807) is 0 Å². The third kappa shape index (κ3) is 4.51. The molecular weight excluding hydrogens is 325 g/mol. The molecule has 0 aliphatic carbocycles. The Morgan fingerprint density at radius 2 is 2.19 bits per heavy atom. The molecule has 8 heteroatoms. The van der Waals surface area contributed by atoms with Gasteiger partial charge in [0.05, 0.1) is 18.6 Å². The van der Waals surface area contributed by atoms with Crippen LogP contribution in [0.1, 0.15) is 12.0 Å². The number of aliphatic hydroxyl groups excluding tert-OH is 1. The van der Waals surface area contributed by atoms with Gasteiger partial charge in [-0.15, -0.1) is 12.4 Å². The second kappa shape index (κ2) is 7.89. The maximum absolute atomic E-state index is 13.7. The minimum atomic E-state index is -0.923. The fourth-order valence-corrected chi connectivity index (χ4v) is 2.33. The molecule has 1 fully saturated rings. The molecule has 0 radical (unpaired) electrons. The van der Waals surface area contributed by atoms with Crippen molar-refractivity contribution in [3.05, 3.63) is 34.4 Å². The first-order chi connectivity index (χ1) is 9.49. The highest BCUT2D eigenvalue weighted by molar-refractivity contribution is 6.31. The fourth-order valence-electron chi connectivity index (χ4n) is 2.14. The monoisotopic (exact) mass is 340 g/mol. The average molecular weight is 341 g/mol. The van der Waals surface area contributed by atoms with Crippen molar-refractivity contribution in [2.45, 2.75) is 25.0 Å². The Morgan fingerprint density at radius 1 is 1.48 bits per heavy atom. The van der Waals surface area contributed by atoms with Crippen molar-refractivity contribution < 1.29 is 18.7 Å². The number of carbonyl (C=O) groups excluding carboxylic acids is 1. The summed E-state index contributed by atoms with van der Waals surface area (Å²) >= 11 is 5.45. The topological polar surface area (TPSA) is 61.4 Å². The third-order valence-electron chi connectivity index (χ3n) is 3.26. The molecule has 3 N–H and O–H groups in total. The molecule has 1 heterocycles. The number of aliphatic hydroxyl groups is 1. The highest BCUT2D eigenvalue weighted by Crippen LogP contribution is 2.22. The van der Waals surface area contributed by atoms with E-state index in [0.29, 0.717) is 19.5 Å². The number of halogens is 4. The van der Waals surface area contributed by atoms with E-state index in [0.717, 1.165) is 6.07 Å². The summed E-state index contributed by atoms with van der Waals surface area (Å²) in [7, 11) is 0. The summed E-state index contributed by atoms with van der Waals surface area (Å²) in [5.41, 5.74) is 0.0253. The first-order valence-corrected chi connectivity index (χ1v) is 6.67. The lowest BCUT2D eigenvalue weighted by Crippen LogP contribution is -2.53. The Balaban J connectivity index is 0.00000220. The van der Waals surface area contributed by atoms with E-state index < -0.39 is 28.7 Å². The maximum Gasteiger partial charge on any atom is 0.224 e. The quantitative estimate of drug-likeness (QED) is 0.729. The summed E-state index contributed by atoms with van der Waals surface area (Å²) in [5, 5.41) is 14.7. The molecule has 118 valence electrons. The van der Waals surface area contributed by atoms with Gasteiger partial charge >= 0.3 is 0 Å². The number of amides is 1. The molecule has 1 saturated heterocycles. The molecule has 0 spiro atoms. The standard InChI is InChI=1S/C13H15ClF2N2O2.ClH/c14-12-8(15)2-1-7(13(12)16)5-11(20)18-9-3-4-17-6-10(9)19;/h1-2,9-10,17,19H,3-6H2,(H,18,20);1H/t9-,10-;/m1./s1. The van der Waals surface area contributed by atoms with Gasteiger partial charge in [-0.25, -0.2) is 8.78 Å². The first kappa shape index (κ1) is 18.1. The number of hydrogen-bond donors (Lipinski definition) is 3. The second-order valence-electron chi connectivity index (χ2n) is 4.75. The van der Waals surface area contributed by atoms with Crippen molar-refractivity contribution >= 4 is 29.9 Å². The van der Waals surface area contributed by atoms with Gasteiger partial charge < -0.3 is 15.7 Å². The largest absolute Gasteiger partial charge is 0.390 e. The van der Waals surface area contributed by atoms with E-state index in [2.05, 4.69) is 10.6 Å². The number of hydrogen-bond acceptors (Lipinski definition) is 3. The molecule has 0 saturated carbocycles. The summed E-state index contributed by atoms with van der Waals surface area (Å²) in [6.07, 6.45) is -0.323. The maximum atomic E-state index is 13.7. The van der Waals surface area contributed by atoms with Gasteiger partial charge in [-0.2, -0.15) is 0 Å². The van der Waals surface area contributed by atoms with E-state index in [-0.39, 0.29) is 30.4 Å². The zero-order valence-corrected chi connectivity index (χ0v) is 12.6. The lowest BCUT2D eigenvalue weighted by Gasteiger charge is -2.29. The molecule has 1 aromatic carbocycles. The van der Waals surface area contributed by atoms with Crippen LogP contribution in [-0.4, -0.2) is 36.2 Å². The lowest BCUT2D eigenvalue weighted by atomic mass is 10.0. The zero-order chi connectivity index (χ0) is 14.7. The SMILES string of the molecule is Cl.O=C(Cc1ccc(F)c(Cl)c1F)N[C@@H]1CCNC[C@H]1O.